The number of aromatic nitrogens is 2. The predicted molar refractivity (Wildman–Crippen MR) is 137 cm³/mol. The van der Waals surface area contributed by atoms with Gasteiger partial charge < -0.3 is 5.32 Å². The summed E-state index contributed by atoms with van der Waals surface area (Å²) in [5, 5.41) is 7.53. The van der Waals surface area contributed by atoms with E-state index in [0.717, 1.165) is 36.0 Å². The van der Waals surface area contributed by atoms with E-state index in [2.05, 4.69) is 28.6 Å². The van der Waals surface area contributed by atoms with Gasteiger partial charge in [-0.15, -0.1) is 0 Å². The number of sulfonamides is 1. The van der Waals surface area contributed by atoms with Gasteiger partial charge in [-0.3, -0.25) is 9.48 Å². The number of carbonyl (C=O) groups excluding carboxylic acids is 1. The number of piperidine rings is 1. The fourth-order valence-electron chi connectivity index (χ4n) is 4.64. The molecule has 186 valence electrons. The lowest BCUT2D eigenvalue weighted by atomic mass is 10.1. The molecule has 2 aromatic carbocycles. The minimum absolute atomic E-state index is 0.126. The van der Waals surface area contributed by atoms with Crippen LogP contribution in [-0.4, -0.2) is 41.5 Å². The minimum atomic E-state index is -3.55. The molecule has 3 aromatic rings. The summed E-state index contributed by atoms with van der Waals surface area (Å²) in [5.41, 5.74) is 6.12. The Balaban J connectivity index is 1.44. The third-order valence-electron chi connectivity index (χ3n) is 6.72. The largest absolute Gasteiger partial charge is 0.348 e. The van der Waals surface area contributed by atoms with Crippen molar-refractivity contribution in [2.24, 2.45) is 0 Å². The second kappa shape index (κ2) is 10.3. The van der Waals surface area contributed by atoms with E-state index >= 15 is 0 Å². The first kappa shape index (κ1) is 25.1. The maximum Gasteiger partial charge on any atom is 0.251 e. The fourth-order valence-corrected chi connectivity index (χ4v) is 6.53. The van der Waals surface area contributed by atoms with Crippen molar-refractivity contribution in [1.29, 1.82) is 0 Å². The van der Waals surface area contributed by atoms with E-state index in [1.807, 2.05) is 32.9 Å². The molecule has 1 aliphatic rings. The quantitative estimate of drug-likeness (QED) is 0.532. The van der Waals surface area contributed by atoms with Crippen LogP contribution in [0, 0.1) is 27.7 Å². The highest BCUT2D eigenvalue weighted by Gasteiger charge is 2.31. The van der Waals surface area contributed by atoms with Crippen molar-refractivity contribution in [3.05, 3.63) is 81.7 Å². The second-order valence-electron chi connectivity index (χ2n) is 9.43. The van der Waals surface area contributed by atoms with Crippen LogP contribution in [0.2, 0.25) is 0 Å². The van der Waals surface area contributed by atoms with Crippen molar-refractivity contribution >= 4 is 15.9 Å². The van der Waals surface area contributed by atoms with Gasteiger partial charge in [-0.25, -0.2) is 8.42 Å². The molecule has 0 aliphatic carbocycles. The van der Waals surface area contributed by atoms with Crippen LogP contribution < -0.4 is 5.32 Å². The summed E-state index contributed by atoms with van der Waals surface area (Å²) < 4.78 is 29.8. The first-order valence-electron chi connectivity index (χ1n) is 12.1. The van der Waals surface area contributed by atoms with Crippen LogP contribution in [0.25, 0.3) is 0 Å². The Morgan fingerprint density at radius 2 is 1.66 bits per heavy atom. The highest BCUT2D eigenvalue weighted by Crippen LogP contribution is 2.26. The van der Waals surface area contributed by atoms with E-state index in [0.29, 0.717) is 48.0 Å². The summed E-state index contributed by atoms with van der Waals surface area (Å²) in [6.07, 6.45) is 2.87. The van der Waals surface area contributed by atoms with Crippen LogP contribution in [0.15, 0.2) is 47.4 Å². The van der Waals surface area contributed by atoms with E-state index < -0.39 is 10.0 Å². The molecule has 0 saturated carbocycles. The zero-order valence-corrected chi connectivity index (χ0v) is 21.8. The first-order chi connectivity index (χ1) is 16.7. The van der Waals surface area contributed by atoms with Crippen LogP contribution >= 0.6 is 0 Å². The topological polar surface area (TPSA) is 84.3 Å². The molecule has 1 N–H and O–H groups in total. The maximum absolute atomic E-state index is 13.2. The number of aryl methyl sites for hydroxylation is 3. The molecular weight excluding hydrogens is 460 g/mol. The lowest BCUT2D eigenvalue weighted by Crippen LogP contribution is -2.36. The molecule has 1 fully saturated rings. The highest BCUT2D eigenvalue weighted by molar-refractivity contribution is 7.89. The summed E-state index contributed by atoms with van der Waals surface area (Å²) in [5.74, 6) is -0.126. The van der Waals surface area contributed by atoms with Gasteiger partial charge >= 0.3 is 0 Å². The number of amides is 1. The Kier molecular flexibility index (Phi) is 7.42. The van der Waals surface area contributed by atoms with Gasteiger partial charge in [0.05, 0.1) is 17.9 Å². The zero-order valence-electron chi connectivity index (χ0n) is 21.0. The van der Waals surface area contributed by atoms with Gasteiger partial charge in [-0.2, -0.15) is 9.40 Å². The van der Waals surface area contributed by atoms with E-state index in [1.54, 1.807) is 28.0 Å². The van der Waals surface area contributed by atoms with E-state index in [-0.39, 0.29) is 5.91 Å². The van der Waals surface area contributed by atoms with E-state index in [9.17, 15) is 13.2 Å². The molecule has 1 amide bonds. The van der Waals surface area contributed by atoms with Crippen molar-refractivity contribution in [3.8, 4) is 0 Å². The number of carbonyl (C=O) groups is 1. The molecule has 1 aliphatic heterocycles. The Labute approximate surface area is 208 Å². The van der Waals surface area contributed by atoms with Gasteiger partial charge in [-0.05, 0) is 69.4 Å². The molecule has 0 unspecified atom stereocenters. The van der Waals surface area contributed by atoms with Crippen LogP contribution in [0.1, 0.15) is 63.3 Å². The Morgan fingerprint density at radius 3 is 2.34 bits per heavy atom. The van der Waals surface area contributed by atoms with Crippen molar-refractivity contribution in [2.75, 3.05) is 13.1 Å². The molecule has 2 heterocycles. The maximum atomic E-state index is 13.2. The monoisotopic (exact) mass is 494 g/mol. The van der Waals surface area contributed by atoms with Gasteiger partial charge in [0, 0.05) is 25.2 Å². The van der Waals surface area contributed by atoms with Crippen molar-refractivity contribution < 1.29 is 13.2 Å². The number of nitrogens with zero attached hydrogens (tertiary/aromatic N) is 3. The number of rotatable bonds is 7. The van der Waals surface area contributed by atoms with Gasteiger partial charge in [0.1, 0.15) is 4.90 Å². The molecule has 0 bridgehead atoms. The van der Waals surface area contributed by atoms with Gasteiger partial charge in [0.15, 0.2) is 0 Å². The fraction of sp³-hybridized carbons (Fsp3) is 0.407. The third kappa shape index (κ3) is 5.49. The highest BCUT2D eigenvalue weighted by atomic mass is 32.2. The smallest absolute Gasteiger partial charge is 0.251 e. The number of benzene rings is 2. The van der Waals surface area contributed by atoms with Crippen LogP contribution in [0.5, 0.6) is 0 Å². The summed E-state index contributed by atoms with van der Waals surface area (Å²) in [4.78, 5) is 13.0. The van der Waals surface area contributed by atoms with Crippen molar-refractivity contribution in [2.45, 2.75) is 64.9 Å². The molecule has 0 radical (unpaired) electrons. The van der Waals surface area contributed by atoms with Gasteiger partial charge in [0.25, 0.3) is 5.91 Å². The molecule has 0 atom stereocenters. The molecule has 8 heteroatoms. The average Bonchev–Trinajstić information content (AvgIpc) is 3.13. The molecule has 1 aromatic heterocycles. The normalized spacial score (nSPS) is 14.7. The third-order valence-corrected chi connectivity index (χ3v) is 8.87. The van der Waals surface area contributed by atoms with Crippen molar-refractivity contribution in [3.63, 3.8) is 0 Å². The predicted octanol–water partition coefficient (Wildman–Crippen LogP) is 4.27. The van der Waals surface area contributed by atoms with Crippen molar-refractivity contribution in [1.82, 2.24) is 19.4 Å². The Hall–Kier alpha value is -2.97. The number of hydrogen-bond acceptors (Lipinski definition) is 4. The molecule has 7 nitrogen and oxygen atoms in total. The Morgan fingerprint density at radius 1 is 0.971 bits per heavy atom. The molecule has 1 saturated heterocycles. The summed E-state index contributed by atoms with van der Waals surface area (Å²) in [7, 11) is -3.55. The standard InChI is InChI=1S/C27H34N4O3S/c1-19-8-9-20(2)25(16-19)17-28-27(32)24-12-10-23(11-13-24)18-31-22(4)26(21(3)29-31)35(33,34)30-14-6-5-7-15-30/h8-13,16H,5-7,14-15,17-18H2,1-4H3,(H,28,32). The first-order valence-corrected chi connectivity index (χ1v) is 13.6. The number of nitrogens with one attached hydrogen (secondary N) is 1. The van der Waals surface area contributed by atoms with Crippen LogP contribution in [-0.2, 0) is 23.1 Å². The summed E-state index contributed by atoms with van der Waals surface area (Å²) >= 11 is 0. The average molecular weight is 495 g/mol. The summed E-state index contributed by atoms with van der Waals surface area (Å²) in [6.45, 7) is 9.70. The van der Waals surface area contributed by atoms with Crippen LogP contribution in [0.4, 0.5) is 0 Å². The molecule has 35 heavy (non-hydrogen) atoms. The Bertz CT molecular complexity index is 1320. The lowest BCUT2D eigenvalue weighted by Gasteiger charge is -2.26. The summed E-state index contributed by atoms with van der Waals surface area (Å²) in [6, 6.07) is 13.6. The SMILES string of the molecule is Cc1ccc(C)c(CNC(=O)c2ccc(Cn3nc(C)c(S(=O)(=O)N4CCCCC4)c3C)cc2)c1. The molecule has 0 spiro atoms. The minimum Gasteiger partial charge on any atom is -0.348 e. The zero-order chi connectivity index (χ0) is 25.2. The number of hydrogen-bond donors (Lipinski definition) is 1. The second-order valence-corrected chi connectivity index (χ2v) is 11.3. The van der Waals surface area contributed by atoms with Crippen LogP contribution in [0.3, 0.4) is 0 Å². The molecular formula is C27H34N4O3S. The molecule has 4 rings (SSSR count). The van der Waals surface area contributed by atoms with Gasteiger partial charge in [-0.1, -0.05) is 42.3 Å². The van der Waals surface area contributed by atoms with E-state index in [4.69, 9.17) is 0 Å². The lowest BCUT2D eigenvalue weighted by molar-refractivity contribution is 0.0951. The van der Waals surface area contributed by atoms with Gasteiger partial charge in [0.2, 0.25) is 10.0 Å². The van der Waals surface area contributed by atoms with E-state index in [1.165, 1.54) is 5.56 Å².